The number of fused-ring (bicyclic) bond motifs is 1. The summed E-state index contributed by atoms with van der Waals surface area (Å²) < 4.78 is 40.6. The minimum atomic E-state index is -4.69. The molecule has 1 aromatic rings. The first-order chi connectivity index (χ1) is 11.4. The molecule has 2 aliphatic rings. The number of benzene rings is 1. The number of rotatable bonds is 2. The highest BCUT2D eigenvalue weighted by Gasteiger charge is 2.49. The van der Waals surface area contributed by atoms with Crippen LogP contribution in [-0.4, -0.2) is 48.6 Å². The second-order valence-corrected chi connectivity index (χ2v) is 6.07. The summed E-state index contributed by atoms with van der Waals surface area (Å²) in [6.45, 7) is 1.33. The smallest absolute Gasteiger partial charge is 0.324 e. The first-order valence-corrected chi connectivity index (χ1v) is 7.86. The lowest BCUT2D eigenvalue weighted by atomic mass is 10.1. The standard InChI is InChI=1S/C16H18F3N3O2/c17-16(18,19)13-9-14(23)20-11-5-1-2-6-12(11)22(13)15(24)10-21-7-3-4-8-21/h1-2,5-6,13H,3-4,7-10H2,(H,20,23)/t13-/m1/s1. The number of nitrogens with zero attached hydrogens (tertiary/aromatic N) is 2. The van der Waals surface area contributed by atoms with Gasteiger partial charge in [0.15, 0.2) is 0 Å². The van der Waals surface area contributed by atoms with Gasteiger partial charge in [-0.3, -0.25) is 19.4 Å². The number of halogens is 3. The molecule has 130 valence electrons. The lowest BCUT2D eigenvalue weighted by Gasteiger charge is -2.32. The topological polar surface area (TPSA) is 52.7 Å². The Balaban J connectivity index is 1.98. The number of amides is 2. The Kier molecular flexibility index (Phi) is 4.49. The van der Waals surface area contributed by atoms with Gasteiger partial charge in [0.2, 0.25) is 11.8 Å². The Hall–Kier alpha value is -2.09. The average Bonchev–Trinajstić information content (AvgIpc) is 2.94. The van der Waals surface area contributed by atoms with Crippen LogP contribution in [-0.2, 0) is 9.59 Å². The van der Waals surface area contributed by atoms with Crippen molar-refractivity contribution in [3.8, 4) is 0 Å². The minimum Gasteiger partial charge on any atom is -0.324 e. The Morgan fingerprint density at radius 3 is 2.54 bits per heavy atom. The van der Waals surface area contributed by atoms with E-state index in [0.717, 1.165) is 17.7 Å². The summed E-state index contributed by atoms with van der Waals surface area (Å²) in [6, 6.07) is 3.94. The number of carbonyl (C=O) groups excluding carboxylic acids is 2. The van der Waals surface area contributed by atoms with E-state index in [1.54, 1.807) is 12.1 Å². The molecule has 1 atom stereocenters. The fourth-order valence-electron chi connectivity index (χ4n) is 3.20. The van der Waals surface area contributed by atoms with E-state index >= 15 is 0 Å². The molecular weight excluding hydrogens is 323 g/mol. The monoisotopic (exact) mass is 341 g/mol. The van der Waals surface area contributed by atoms with E-state index in [-0.39, 0.29) is 17.9 Å². The third-order valence-corrected chi connectivity index (χ3v) is 4.33. The maximum atomic E-state index is 13.5. The molecule has 0 aromatic heterocycles. The van der Waals surface area contributed by atoms with E-state index in [4.69, 9.17) is 0 Å². The fraction of sp³-hybridized carbons (Fsp3) is 0.500. The number of hydrogen-bond donors (Lipinski definition) is 1. The Bertz CT molecular complexity index is 642. The molecule has 0 aliphatic carbocycles. The summed E-state index contributed by atoms with van der Waals surface area (Å²) in [6.07, 6.45) is -3.61. The second-order valence-electron chi connectivity index (χ2n) is 6.07. The molecule has 2 aliphatic heterocycles. The van der Waals surface area contributed by atoms with Gasteiger partial charge in [0.1, 0.15) is 6.04 Å². The molecule has 24 heavy (non-hydrogen) atoms. The SMILES string of the molecule is O=C1C[C@H](C(F)(F)F)N(C(=O)CN2CCCC2)c2ccccc2N1. The van der Waals surface area contributed by atoms with Crippen LogP contribution in [0.15, 0.2) is 24.3 Å². The van der Waals surface area contributed by atoms with Crippen molar-refractivity contribution in [2.75, 3.05) is 29.9 Å². The molecule has 0 unspecified atom stereocenters. The third kappa shape index (κ3) is 3.38. The fourth-order valence-corrected chi connectivity index (χ4v) is 3.20. The van der Waals surface area contributed by atoms with E-state index in [2.05, 4.69) is 5.32 Å². The number of likely N-dealkylation sites (tertiary alicyclic amines) is 1. The highest BCUT2D eigenvalue weighted by molar-refractivity contribution is 6.05. The van der Waals surface area contributed by atoms with Crippen LogP contribution in [0.25, 0.3) is 0 Å². The molecule has 3 rings (SSSR count). The first kappa shape index (κ1) is 16.8. The largest absolute Gasteiger partial charge is 0.409 e. The van der Waals surface area contributed by atoms with Gasteiger partial charge in [0.05, 0.1) is 24.3 Å². The van der Waals surface area contributed by atoms with Gasteiger partial charge in [-0.2, -0.15) is 13.2 Å². The van der Waals surface area contributed by atoms with Crippen LogP contribution >= 0.6 is 0 Å². The zero-order valence-corrected chi connectivity index (χ0v) is 13.0. The number of nitrogens with one attached hydrogen (secondary N) is 1. The molecular formula is C16H18F3N3O2. The van der Waals surface area contributed by atoms with Crippen LogP contribution in [0.3, 0.4) is 0 Å². The number of anilines is 2. The van der Waals surface area contributed by atoms with E-state index in [1.165, 1.54) is 12.1 Å². The van der Waals surface area contributed by atoms with Crippen molar-refractivity contribution in [3.63, 3.8) is 0 Å². The predicted octanol–water partition coefficient (Wildman–Crippen LogP) is 2.39. The lowest BCUT2D eigenvalue weighted by molar-refractivity contribution is -0.158. The van der Waals surface area contributed by atoms with Crippen LogP contribution < -0.4 is 10.2 Å². The van der Waals surface area contributed by atoms with Gasteiger partial charge in [0.25, 0.3) is 0 Å². The van der Waals surface area contributed by atoms with Crippen molar-refractivity contribution in [2.24, 2.45) is 0 Å². The highest BCUT2D eigenvalue weighted by atomic mass is 19.4. The zero-order chi connectivity index (χ0) is 17.3. The minimum absolute atomic E-state index is 0.0743. The van der Waals surface area contributed by atoms with E-state index in [9.17, 15) is 22.8 Å². The quantitative estimate of drug-likeness (QED) is 0.899. The van der Waals surface area contributed by atoms with Gasteiger partial charge in [0, 0.05) is 0 Å². The van der Waals surface area contributed by atoms with Gasteiger partial charge >= 0.3 is 6.18 Å². The Morgan fingerprint density at radius 1 is 1.21 bits per heavy atom. The summed E-state index contributed by atoms with van der Waals surface area (Å²) in [4.78, 5) is 27.1. The molecule has 1 aromatic carbocycles. The van der Waals surface area contributed by atoms with Crippen LogP contribution in [0.4, 0.5) is 24.5 Å². The van der Waals surface area contributed by atoms with Crippen molar-refractivity contribution in [1.82, 2.24) is 4.90 Å². The summed E-state index contributed by atoms with van der Waals surface area (Å²) in [5.74, 6) is -1.38. The number of carbonyl (C=O) groups is 2. The van der Waals surface area contributed by atoms with Gasteiger partial charge in [-0.25, -0.2) is 0 Å². The first-order valence-electron chi connectivity index (χ1n) is 7.86. The van der Waals surface area contributed by atoms with Crippen LogP contribution in [0.5, 0.6) is 0 Å². The van der Waals surface area contributed by atoms with E-state index in [0.29, 0.717) is 13.1 Å². The molecule has 1 fully saturated rings. The normalized spacial score (nSPS) is 22.0. The summed E-state index contributed by atoms with van der Waals surface area (Å²) in [5.41, 5.74) is 0.318. The zero-order valence-electron chi connectivity index (χ0n) is 13.0. The highest BCUT2D eigenvalue weighted by Crippen LogP contribution is 2.37. The molecule has 1 saturated heterocycles. The van der Waals surface area contributed by atoms with Gasteiger partial charge in [-0.15, -0.1) is 0 Å². The predicted molar refractivity (Wildman–Crippen MR) is 82.7 cm³/mol. The summed E-state index contributed by atoms with van der Waals surface area (Å²) in [7, 11) is 0. The molecule has 2 amide bonds. The van der Waals surface area contributed by atoms with E-state index in [1.807, 2.05) is 4.90 Å². The molecule has 0 bridgehead atoms. The number of para-hydroxylation sites is 2. The maximum Gasteiger partial charge on any atom is 0.409 e. The third-order valence-electron chi connectivity index (χ3n) is 4.33. The van der Waals surface area contributed by atoms with Gasteiger partial charge in [-0.1, -0.05) is 12.1 Å². The lowest BCUT2D eigenvalue weighted by Crippen LogP contribution is -2.52. The Morgan fingerprint density at radius 2 is 1.88 bits per heavy atom. The summed E-state index contributed by atoms with van der Waals surface area (Å²) >= 11 is 0. The maximum absolute atomic E-state index is 13.5. The molecule has 2 heterocycles. The molecule has 1 N–H and O–H groups in total. The number of alkyl halides is 3. The molecule has 5 nitrogen and oxygen atoms in total. The molecule has 8 heteroatoms. The van der Waals surface area contributed by atoms with Crippen molar-refractivity contribution in [1.29, 1.82) is 0 Å². The van der Waals surface area contributed by atoms with Crippen molar-refractivity contribution < 1.29 is 22.8 Å². The van der Waals surface area contributed by atoms with Crippen LogP contribution in [0.2, 0.25) is 0 Å². The number of hydrogen-bond acceptors (Lipinski definition) is 3. The van der Waals surface area contributed by atoms with Crippen LogP contribution in [0, 0.1) is 0 Å². The van der Waals surface area contributed by atoms with Crippen molar-refractivity contribution in [2.45, 2.75) is 31.5 Å². The Labute approximate surface area is 137 Å². The van der Waals surface area contributed by atoms with Crippen LogP contribution in [0.1, 0.15) is 19.3 Å². The molecule has 0 radical (unpaired) electrons. The van der Waals surface area contributed by atoms with Crippen molar-refractivity contribution >= 4 is 23.2 Å². The second kappa shape index (κ2) is 6.43. The molecule has 0 spiro atoms. The van der Waals surface area contributed by atoms with Crippen molar-refractivity contribution in [3.05, 3.63) is 24.3 Å². The van der Waals surface area contributed by atoms with Gasteiger partial charge < -0.3 is 5.32 Å². The van der Waals surface area contributed by atoms with E-state index < -0.39 is 30.5 Å². The average molecular weight is 341 g/mol. The van der Waals surface area contributed by atoms with Gasteiger partial charge in [-0.05, 0) is 38.1 Å². The summed E-state index contributed by atoms with van der Waals surface area (Å²) in [5, 5.41) is 2.46. The molecule has 0 saturated carbocycles.